The first-order valence-corrected chi connectivity index (χ1v) is 12.5. The van der Waals surface area contributed by atoms with Crippen LogP contribution >= 0.6 is 0 Å². The van der Waals surface area contributed by atoms with Crippen LogP contribution in [0.5, 0.6) is 0 Å². The van der Waals surface area contributed by atoms with Gasteiger partial charge in [-0.05, 0) is 42.6 Å². The maximum Gasteiger partial charge on any atom is 0.238 e. The van der Waals surface area contributed by atoms with E-state index in [0.717, 1.165) is 38.7 Å². The zero-order chi connectivity index (χ0) is 21.2. The molecule has 1 aromatic carbocycles. The highest BCUT2D eigenvalue weighted by Gasteiger charge is 2.44. The Balaban J connectivity index is 1.62. The minimum Gasteiger partial charge on any atom is -0.352 e. The van der Waals surface area contributed by atoms with E-state index in [9.17, 15) is 13.2 Å². The second-order valence-corrected chi connectivity index (χ2v) is 11.3. The molecular formula is C22H35N3O3S. The van der Waals surface area contributed by atoms with Crippen molar-refractivity contribution < 1.29 is 13.2 Å². The Kier molecular flexibility index (Phi) is 7.02. The Morgan fingerprint density at radius 2 is 1.90 bits per heavy atom. The molecule has 1 aromatic rings. The molecule has 3 unspecified atom stereocenters. The van der Waals surface area contributed by atoms with Crippen molar-refractivity contribution in [1.29, 1.82) is 0 Å². The zero-order valence-electron chi connectivity index (χ0n) is 18.0. The fourth-order valence-corrected chi connectivity index (χ4v) is 5.53. The first kappa shape index (κ1) is 22.2. The van der Waals surface area contributed by atoms with Gasteiger partial charge < -0.3 is 5.32 Å². The van der Waals surface area contributed by atoms with Crippen LogP contribution in [0.1, 0.15) is 38.7 Å². The summed E-state index contributed by atoms with van der Waals surface area (Å²) in [4.78, 5) is 15.5. The summed E-state index contributed by atoms with van der Waals surface area (Å²) in [5.74, 6) is 1.14. The van der Waals surface area contributed by atoms with E-state index in [1.165, 1.54) is 16.9 Å². The molecule has 6 nitrogen and oxygen atoms in total. The van der Waals surface area contributed by atoms with Gasteiger partial charge in [-0.3, -0.25) is 9.69 Å². The molecule has 0 radical (unpaired) electrons. The minimum absolute atomic E-state index is 0.135. The SMILES string of the molecule is CC(C)CC(C(=O)NC1CC[C@H]2CN(Cc3ccccc3)CC12)N(C)S(C)(=O)=O. The van der Waals surface area contributed by atoms with Crippen LogP contribution in [0.2, 0.25) is 0 Å². The summed E-state index contributed by atoms with van der Waals surface area (Å²) in [6, 6.07) is 9.98. The van der Waals surface area contributed by atoms with Gasteiger partial charge in [0.15, 0.2) is 0 Å². The molecule has 1 saturated heterocycles. The number of amides is 1. The molecule has 2 fully saturated rings. The van der Waals surface area contributed by atoms with Gasteiger partial charge in [0.05, 0.1) is 6.26 Å². The molecule has 1 aliphatic heterocycles. The number of rotatable bonds is 8. The van der Waals surface area contributed by atoms with Crippen molar-refractivity contribution >= 4 is 15.9 Å². The molecule has 1 amide bonds. The average Bonchev–Trinajstić information content (AvgIpc) is 3.20. The first-order chi connectivity index (χ1) is 13.6. The third-order valence-corrected chi connectivity index (χ3v) is 7.77. The van der Waals surface area contributed by atoms with Crippen molar-refractivity contribution in [2.75, 3.05) is 26.4 Å². The lowest BCUT2D eigenvalue weighted by Gasteiger charge is -2.29. The number of likely N-dealkylation sites (tertiary alicyclic amines) is 1. The summed E-state index contributed by atoms with van der Waals surface area (Å²) in [5.41, 5.74) is 1.32. The summed E-state index contributed by atoms with van der Waals surface area (Å²) in [5, 5.41) is 3.22. The predicted octanol–water partition coefficient (Wildman–Crippen LogP) is 2.32. The van der Waals surface area contributed by atoms with Crippen LogP contribution in [0.4, 0.5) is 0 Å². The van der Waals surface area contributed by atoms with Gasteiger partial charge in [-0.25, -0.2) is 8.42 Å². The lowest BCUT2D eigenvalue weighted by molar-refractivity contribution is -0.126. The number of nitrogens with one attached hydrogen (secondary N) is 1. The standard InChI is InChI=1S/C22H35N3O3S/c1-16(2)12-21(24(3)29(4,27)28)22(26)23-20-11-10-18-14-25(15-19(18)20)13-17-8-6-5-7-9-17/h5-9,16,18-21H,10-15H2,1-4H3,(H,23,26)/t18-,19?,20?,21?/m0/s1. The van der Waals surface area contributed by atoms with Crippen LogP contribution in [0, 0.1) is 17.8 Å². The number of hydrogen-bond acceptors (Lipinski definition) is 4. The molecule has 29 heavy (non-hydrogen) atoms. The molecule has 4 atom stereocenters. The number of fused-ring (bicyclic) bond motifs is 1. The van der Waals surface area contributed by atoms with Gasteiger partial charge in [0.1, 0.15) is 6.04 Å². The van der Waals surface area contributed by atoms with Crippen LogP contribution in [-0.4, -0.2) is 62.0 Å². The Hall–Kier alpha value is -1.44. The number of carbonyl (C=O) groups is 1. The van der Waals surface area contributed by atoms with Gasteiger partial charge in [-0.15, -0.1) is 0 Å². The summed E-state index contributed by atoms with van der Waals surface area (Å²) in [6.07, 6.45) is 3.79. The van der Waals surface area contributed by atoms with Gasteiger partial charge in [-0.1, -0.05) is 44.2 Å². The van der Waals surface area contributed by atoms with Gasteiger partial charge in [0.2, 0.25) is 15.9 Å². The highest BCUT2D eigenvalue weighted by molar-refractivity contribution is 7.88. The summed E-state index contributed by atoms with van der Waals surface area (Å²) in [7, 11) is -1.91. The maximum absolute atomic E-state index is 13.1. The second kappa shape index (κ2) is 9.14. The number of likely N-dealkylation sites (N-methyl/N-ethyl adjacent to an activating group) is 1. The Labute approximate surface area is 175 Å². The molecule has 162 valence electrons. The van der Waals surface area contributed by atoms with Crippen LogP contribution in [0.15, 0.2) is 30.3 Å². The fraction of sp³-hybridized carbons (Fsp3) is 0.682. The number of sulfonamides is 1. The van der Waals surface area contributed by atoms with E-state index in [-0.39, 0.29) is 17.9 Å². The largest absolute Gasteiger partial charge is 0.352 e. The van der Waals surface area contributed by atoms with E-state index >= 15 is 0 Å². The molecule has 1 aliphatic carbocycles. The van der Waals surface area contributed by atoms with Gasteiger partial charge in [0.25, 0.3) is 0 Å². The monoisotopic (exact) mass is 421 g/mol. The molecular weight excluding hydrogens is 386 g/mol. The molecule has 3 rings (SSSR count). The Morgan fingerprint density at radius 1 is 1.21 bits per heavy atom. The molecule has 1 heterocycles. The van der Waals surface area contributed by atoms with Crippen LogP contribution in [0.3, 0.4) is 0 Å². The van der Waals surface area contributed by atoms with Crippen molar-refractivity contribution in [1.82, 2.24) is 14.5 Å². The average molecular weight is 422 g/mol. The molecule has 2 aliphatic rings. The van der Waals surface area contributed by atoms with Crippen molar-refractivity contribution in [2.45, 2.75) is 51.7 Å². The molecule has 7 heteroatoms. The fourth-order valence-electron chi connectivity index (χ4n) is 4.88. The highest BCUT2D eigenvalue weighted by atomic mass is 32.2. The maximum atomic E-state index is 13.1. The first-order valence-electron chi connectivity index (χ1n) is 10.6. The summed E-state index contributed by atoms with van der Waals surface area (Å²) < 4.78 is 25.3. The van der Waals surface area contributed by atoms with Gasteiger partial charge in [0, 0.05) is 32.7 Å². The van der Waals surface area contributed by atoms with Crippen molar-refractivity contribution in [3.63, 3.8) is 0 Å². The van der Waals surface area contributed by atoms with E-state index < -0.39 is 16.1 Å². The number of benzene rings is 1. The Morgan fingerprint density at radius 3 is 2.52 bits per heavy atom. The minimum atomic E-state index is -3.42. The highest BCUT2D eigenvalue weighted by Crippen LogP contribution is 2.38. The molecule has 1 saturated carbocycles. The topological polar surface area (TPSA) is 69.7 Å². The third kappa shape index (κ3) is 5.58. The number of nitrogens with zero attached hydrogens (tertiary/aromatic N) is 2. The van der Waals surface area contributed by atoms with Crippen LogP contribution in [0.25, 0.3) is 0 Å². The van der Waals surface area contributed by atoms with Gasteiger partial charge >= 0.3 is 0 Å². The normalized spacial score (nSPS) is 26.1. The van der Waals surface area contributed by atoms with E-state index in [1.54, 1.807) is 0 Å². The second-order valence-electron chi connectivity index (χ2n) is 9.22. The lowest BCUT2D eigenvalue weighted by Crippen LogP contribution is -2.51. The van der Waals surface area contributed by atoms with Crippen LogP contribution in [-0.2, 0) is 21.4 Å². The van der Waals surface area contributed by atoms with Crippen molar-refractivity contribution in [3.05, 3.63) is 35.9 Å². The molecule has 0 spiro atoms. The van der Waals surface area contributed by atoms with Gasteiger partial charge in [-0.2, -0.15) is 4.31 Å². The molecule has 0 aromatic heterocycles. The quantitative estimate of drug-likeness (QED) is 0.699. The van der Waals surface area contributed by atoms with Crippen molar-refractivity contribution in [3.8, 4) is 0 Å². The lowest BCUT2D eigenvalue weighted by atomic mass is 9.97. The predicted molar refractivity (Wildman–Crippen MR) is 116 cm³/mol. The number of carbonyl (C=O) groups excluding carboxylic acids is 1. The third-order valence-electron chi connectivity index (χ3n) is 6.47. The molecule has 0 bridgehead atoms. The van der Waals surface area contributed by atoms with E-state index in [0.29, 0.717) is 18.3 Å². The molecule has 1 N–H and O–H groups in total. The van der Waals surface area contributed by atoms with Crippen molar-refractivity contribution in [2.24, 2.45) is 17.8 Å². The van der Waals surface area contributed by atoms with E-state index in [2.05, 4.69) is 34.5 Å². The van der Waals surface area contributed by atoms with Crippen LogP contribution < -0.4 is 5.32 Å². The van der Waals surface area contributed by atoms with E-state index in [1.807, 2.05) is 19.9 Å². The Bertz CT molecular complexity index is 797. The zero-order valence-corrected chi connectivity index (χ0v) is 18.9. The summed E-state index contributed by atoms with van der Waals surface area (Å²) >= 11 is 0. The van der Waals surface area contributed by atoms with E-state index in [4.69, 9.17) is 0 Å². The summed E-state index contributed by atoms with van der Waals surface area (Å²) in [6.45, 7) is 7.04. The smallest absolute Gasteiger partial charge is 0.238 e. The number of hydrogen-bond donors (Lipinski definition) is 1.